The molecule has 1 N–H and O–H groups in total. The first-order valence-electron chi connectivity index (χ1n) is 5.90. The topological polar surface area (TPSA) is 45.5 Å². The highest BCUT2D eigenvalue weighted by molar-refractivity contribution is 5.91. The smallest absolute Gasteiger partial charge is 0.289 e. The van der Waals surface area contributed by atoms with Crippen molar-refractivity contribution in [2.45, 2.75) is 18.9 Å². The van der Waals surface area contributed by atoms with Crippen LogP contribution in [0, 0.1) is 5.92 Å². The van der Waals surface area contributed by atoms with Crippen LogP contribution < -0.4 is 5.32 Å². The maximum atomic E-state index is 12.2. The molecular formula is C12H16N2O2. The van der Waals surface area contributed by atoms with Crippen molar-refractivity contribution in [2.24, 2.45) is 5.92 Å². The van der Waals surface area contributed by atoms with Crippen LogP contribution in [0.1, 0.15) is 23.4 Å². The Balaban J connectivity index is 1.82. The van der Waals surface area contributed by atoms with Crippen molar-refractivity contribution in [3.63, 3.8) is 0 Å². The largest absolute Gasteiger partial charge is 0.459 e. The third-order valence-electron chi connectivity index (χ3n) is 3.61. The van der Waals surface area contributed by atoms with Crippen molar-refractivity contribution in [3.8, 4) is 0 Å². The van der Waals surface area contributed by atoms with Crippen molar-refractivity contribution >= 4 is 5.91 Å². The minimum atomic E-state index is 0.0448. The molecule has 86 valence electrons. The molecule has 3 aliphatic rings. The van der Waals surface area contributed by atoms with Gasteiger partial charge in [-0.15, -0.1) is 0 Å². The fourth-order valence-corrected chi connectivity index (χ4v) is 2.73. The van der Waals surface area contributed by atoms with Gasteiger partial charge in [-0.05, 0) is 37.4 Å². The number of furan rings is 1. The fraction of sp³-hybridized carbons (Fsp3) is 0.583. The standard InChI is InChI=1S/C12H16N2O2/c15-12(11-2-1-5-16-11)14-8-9-3-4-10(14)7-13-6-9/h1-2,5,9-10,13H,3-4,6-8H2. The molecule has 0 radical (unpaired) electrons. The zero-order valence-corrected chi connectivity index (χ0v) is 9.19. The first-order chi connectivity index (χ1) is 7.84. The van der Waals surface area contributed by atoms with E-state index in [0.717, 1.165) is 26.1 Å². The van der Waals surface area contributed by atoms with Crippen LogP contribution in [0.25, 0.3) is 0 Å². The highest BCUT2D eigenvalue weighted by Crippen LogP contribution is 2.25. The Morgan fingerprint density at radius 2 is 2.38 bits per heavy atom. The number of nitrogens with zero attached hydrogens (tertiary/aromatic N) is 1. The van der Waals surface area contributed by atoms with Crippen LogP contribution in [0.3, 0.4) is 0 Å². The zero-order chi connectivity index (χ0) is 11.0. The number of amides is 1. The van der Waals surface area contributed by atoms with Crippen LogP contribution in [0.5, 0.6) is 0 Å². The minimum Gasteiger partial charge on any atom is -0.459 e. The number of rotatable bonds is 1. The Kier molecular flexibility index (Phi) is 2.44. The van der Waals surface area contributed by atoms with Crippen LogP contribution in [0.4, 0.5) is 0 Å². The maximum absolute atomic E-state index is 12.2. The van der Waals surface area contributed by atoms with E-state index in [4.69, 9.17) is 4.42 Å². The number of piperidine rings is 1. The summed E-state index contributed by atoms with van der Waals surface area (Å²) in [6.45, 7) is 2.83. The van der Waals surface area contributed by atoms with Crippen molar-refractivity contribution in [3.05, 3.63) is 24.2 Å². The van der Waals surface area contributed by atoms with Gasteiger partial charge in [0.15, 0.2) is 5.76 Å². The number of carbonyl (C=O) groups excluding carboxylic acids is 1. The van der Waals surface area contributed by atoms with E-state index in [9.17, 15) is 4.79 Å². The predicted octanol–water partition coefficient (Wildman–Crippen LogP) is 1.10. The molecule has 3 saturated heterocycles. The molecular weight excluding hydrogens is 204 g/mol. The normalized spacial score (nSPS) is 29.1. The average molecular weight is 220 g/mol. The summed E-state index contributed by atoms with van der Waals surface area (Å²) in [5.41, 5.74) is 0. The Morgan fingerprint density at radius 1 is 1.44 bits per heavy atom. The van der Waals surface area contributed by atoms with Gasteiger partial charge in [0, 0.05) is 19.1 Å². The van der Waals surface area contributed by atoms with Crippen molar-refractivity contribution in [1.29, 1.82) is 0 Å². The van der Waals surface area contributed by atoms with Gasteiger partial charge in [-0.1, -0.05) is 0 Å². The van der Waals surface area contributed by atoms with E-state index in [0.29, 0.717) is 17.7 Å². The second-order valence-electron chi connectivity index (χ2n) is 4.69. The molecule has 1 aromatic rings. The van der Waals surface area contributed by atoms with E-state index in [1.807, 2.05) is 4.90 Å². The molecule has 16 heavy (non-hydrogen) atoms. The molecule has 0 saturated carbocycles. The first kappa shape index (κ1) is 9.90. The molecule has 4 heteroatoms. The van der Waals surface area contributed by atoms with E-state index in [-0.39, 0.29) is 5.91 Å². The second kappa shape index (κ2) is 3.94. The molecule has 4 rings (SSSR count). The Bertz CT molecular complexity index is 370. The Labute approximate surface area is 94.6 Å². The quantitative estimate of drug-likeness (QED) is 0.771. The van der Waals surface area contributed by atoms with Gasteiger partial charge in [-0.25, -0.2) is 0 Å². The summed E-state index contributed by atoms with van der Waals surface area (Å²) < 4.78 is 5.19. The summed E-state index contributed by atoms with van der Waals surface area (Å²) in [5, 5.41) is 3.41. The molecule has 4 heterocycles. The summed E-state index contributed by atoms with van der Waals surface area (Å²) in [4.78, 5) is 14.2. The van der Waals surface area contributed by atoms with Crippen LogP contribution in [-0.4, -0.2) is 36.5 Å². The van der Waals surface area contributed by atoms with Crippen LogP contribution >= 0.6 is 0 Å². The molecule has 4 nitrogen and oxygen atoms in total. The van der Waals surface area contributed by atoms with Gasteiger partial charge < -0.3 is 14.6 Å². The Morgan fingerprint density at radius 3 is 3.19 bits per heavy atom. The van der Waals surface area contributed by atoms with Crippen LogP contribution in [0.2, 0.25) is 0 Å². The average Bonchev–Trinajstić information content (AvgIpc) is 2.66. The molecule has 2 bridgehead atoms. The lowest BCUT2D eigenvalue weighted by Gasteiger charge is -2.35. The summed E-state index contributed by atoms with van der Waals surface area (Å²) in [7, 11) is 0. The molecule has 0 aromatic carbocycles. The summed E-state index contributed by atoms with van der Waals surface area (Å²) >= 11 is 0. The maximum Gasteiger partial charge on any atom is 0.289 e. The molecule has 2 unspecified atom stereocenters. The minimum absolute atomic E-state index is 0.0448. The SMILES string of the molecule is O=C(c1ccco1)N1CC2CCC1CNC2. The molecule has 1 aromatic heterocycles. The molecule has 2 atom stereocenters. The monoisotopic (exact) mass is 220 g/mol. The van der Waals surface area contributed by atoms with Gasteiger partial charge in [-0.2, -0.15) is 0 Å². The Hall–Kier alpha value is -1.29. The highest BCUT2D eigenvalue weighted by atomic mass is 16.3. The summed E-state index contributed by atoms with van der Waals surface area (Å²) in [6.07, 6.45) is 3.91. The van der Waals surface area contributed by atoms with Gasteiger partial charge in [-0.3, -0.25) is 4.79 Å². The van der Waals surface area contributed by atoms with Crippen LogP contribution in [-0.2, 0) is 0 Å². The molecule has 0 spiro atoms. The van der Waals surface area contributed by atoms with Crippen molar-refractivity contribution in [1.82, 2.24) is 10.2 Å². The van der Waals surface area contributed by atoms with E-state index in [1.165, 1.54) is 6.42 Å². The molecule has 1 amide bonds. The van der Waals surface area contributed by atoms with Crippen LogP contribution in [0.15, 0.2) is 22.8 Å². The first-order valence-corrected chi connectivity index (χ1v) is 5.90. The summed E-state index contributed by atoms with van der Waals surface area (Å²) in [5.74, 6) is 1.12. The summed E-state index contributed by atoms with van der Waals surface area (Å²) in [6, 6.07) is 3.85. The lowest BCUT2D eigenvalue weighted by atomic mass is 9.95. The number of hydrogen-bond acceptors (Lipinski definition) is 3. The van der Waals surface area contributed by atoms with E-state index in [2.05, 4.69) is 5.32 Å². The molecule has 0 aliphatic carbocycles. The van der Waals surface area contributed by atoms with E-state index < -0.39 is 0 Å². The second-order valence-corrected chi connectivity index (χ2v) is 4.69. The third-order valence-corrected chi connectivity index (χ3v) is 3.61. The van der Waals surface area contributed by atoms with Crippen molar-refractivity contribution < 1.29 is 9.21 Å². The van der Waals surface area contributed by atoms with Crippen molar-refractivity contribution in [2.75, 3.05) is 19.6 Å². The molecule has 3 fully saturated rings. The lowest BCUT2D eigenvalue weighted by molar-refractivity contribution is 0.0559. The van der Waals surface area contributed by atoms with Gasteiger partial charge in [0.25, 0.3) is 5.91 Å². The highest BCUT2D eigenvalue weighted by Gasteiger charge is 2.35. The predicted molar refractivity (Wildman–Crippen MR) is 59.1 cm³/mol. The van der Waals surface area contributed by atoms with Gasteiger partial charge in [0.1, 0.15) is 0 Å². The number of hydrogen-bond donors (Lipinski definition) is 1. The lowest BCUT2D eigenvalue weighted by Crippen LogP contribution is -2.47. The van der Waals surface area contributed by atoms with E-state index in [1.54, 1.807) is 18.4 Å². The number of fused-ring (bicyclic) bond motifs is 4. The van der Waals surface area contributed by atoms with Gasteiger partial charge >= 0.3 is 0 Å². The zero-order valence-electron chi connectivity index (χ0n) is 9.19. The molecule has 3 aliphatic heterocycles. The fourth-order valence-electron chi connectivity index (χ4n) is 2.73. The van der Waals surface area contributed by atoms with Gasteiger partial charge in [0.2, 0.25) is 0 Å². The number of nitrogens with one attached hydrogen (secondary N) is 1. The van der Waals surface area contributed by atoms with Gasteiger partial charge in [0.05, 0.1) is 6.26 Å². The van der Waals surface area contributed by atoms with E-state index >= 15 is 0 Å². The number of carbonyl (C=O) groups is 1. The third kappa shape index (κ3) is 1.63.